The SMILES string of the molecule is CCCCCCCCCCCCN(c1ccccc1C(=NO)c1ccccc1)S(=O)(=O)c1ccccc1. The van der Waals surface area contributed by atoms with Crippen molar-refractivity contribution in [3.63, 3.8) is 0 Å². The number of hydrogen-bond donors (Lipinski definition) is 1. The summed E-state index contributed by atoms with van der Waals surface area (Å²) in [7, 11) is -3.81. The predicted molar refractivity (Wildman–Crippen MR) is 153 cm³/mol. The number of sulfonamides is 1. The maximum absolute atomic E-state index is 13.8. The fourth-order valence-electron chi connectivity index (χ4n) is 4.59. The first-order chi connectivity index (χ1) is 18.1. The normalized spacial score (nSPS) is 12.0. The lowest BCUT2D eigenvalue weighted by Gasteiger charge is -2.27. The molecule has 0 saturated carbocycles. The van der Waals surface area contributed by atoms with Gasteiger partial charge in [-0.25, -0.2) is 8.42 Å². The molecule has 0 fully saturated rings. The average Bonchev–Trinajstić information content (AvgIpc) is 2.94. The molecule has 0 amide bonds. The Hall–Kier alpha value is -3.12. The first kappa shape index (κ1) is 28.5. The molecular formula is C31H40N2O3S. The molecule has 0 spiro atoms. The molecule has 3 aromatic carbocycles. The molecule has 0 unspecified atom stereocenters. The molecule has 198 valence electrons. The van der Waals surface area contributed by atoms with Crippen LogP contribution in [0.15, 0.2) is 95.0 Å². The van der Waals surface area contributed by atoms with Crippen molar-refractivity contribution >= 4 is 21.4 Å². The maximum atomic E-state index is 13.8. The lowest BCUT2D eigenvalue weighted by Crippen LogP contribution is -2.33. The van der Waals surface area contributed by atoms with E-state index < -0.39 is 10.0 Å². The molecule has 0 radical (unpaired) electrons. The second-order valence-corrected chi connectivity index (χ2v) is 11.3. The summed E-state index contributed by atoms with van der Waals surface area (Å²) in [5.74, 6) is 0. The van der Waals surface area contributed by atoms with E-state index in [1.165, 1.54) is 49.3 Å². The molecule has 0 aromatic heterocycles. The Morgan fingerprint density at radius 3 is 1.81 bits per heavy atom. The van der Waals surface area contributed by atoms with Gasteiger partial charge >= 0.3 is 0 Å². The molecule has 5 nitrogen and oxygen atoms in total. The van der Waals surface area contributed by atoms with Crippen molar-refractivity contribution in [2.24, 2.45) is 5.16 Å². The summed E-state index contributed by atoms with van der Waals surface area (Å²) in [5.41, 5.74) is 2.14. The van der Waals surface area contributed by atoms with E-state index >= 15 is 0 Å². The van der Waals surface area contributed by atoms with E-state index in [0.717, 1.165) is 19.3 Å². The van der Waals surface area contributed by atoms with Gasteiger partial charge in [0, 0.05) is 17.7 Å². The average molecular weight is 521 g/mol. The quantitative estimate of drug-likeness (QED) is 0.0899. The lowest BCUT2D eigenvalue weighted by molar-refractivity contribution is 0.319. The number of nitrogens with zero attached hydrogens (tertiary/aromatic N) is 2. The summed E-state index contributed by atoms with van der Waals surface area (Å²) in [4.78, 5) is 0.249. The standard InChI is InChI=1S/C31H40N2O3S/c1-2-3-4-5-6-7-8-9-10-19-26-33(37(35,36)28-22-15-12-16-23-28)30-25-18-17-24-29(30)31(32-34)27-20-13-11-14-21-27/h11-18,20-25,34H,2-10,19,26H2,1H3. The number of unbranched alkanes of at least 4 members (excludes halogenated alkanes) is 9. The van der Waals surface area contributed by atoms with Gasteiger partial charge in [-0.2, -0.15) is 0 Å². The van der Waals surface area contributed by atoms with Crippen molar-refractivity contribution in [2.45, 2.75) is 76.0 Å². The number of rotatable bonds is 16. The van der Waals surface area contributed by atoms with Crippen LogP contribution >= 0.6 is 0 Å². The van der Waals surface area contributed by atoms with Crippen molar-refractivity contribution in [2.75, 3.05) is 10.8 Å². The Kier molecular flexibility index (Phi) is 11.7. The first-order valence-corrected chi connectivity index (χ1v) is 15.0. The van der Waals surface area contributed by atoms with Crippen LogP contribution in [-0.2, 0) is 10.0 Å². The van der Waals surface area contributed by atoms with Crippen LogP contribution < -0.4 is 4.31 Å². The Morgan fingerprint density at radius 2 is 1.22 bits per heavy atom. The molecule has 0 atom stereocenters. The Balaban J connectivity index is 1.80. The largest absolute Gasteiger partial charge is 0.410 e. The van der Waals surface area contributed by atoms with Crippen LogP contribution in [0.3, 0.4) is 0 Å². The zero-order valence-corrected chi connectivity index (χ0v) is 22.7. The van der Waals surface area contributed by atoms with Crippen LogP contribution in [0.5, 0.6) is 0 Å². The zero-order valence-electron chi connectivity index (χ0n) is 21.9. The number of para-hydroxylation sites is 1. The highest BCUT2D eigenvalue weighted by Gasteiger charge is 2.27. The number of hydrogen-bond acceptors (Lipinski definition) is 4. The minimum atomic E-state index is -3.81. The maximum Gasteiger partial charge on any atom is 0.264 e. The number of oxime groups is 1. The molecule has 0 bridgehead atoms. The van der Waals surface area contributed by atoms with Gasteiger partial charge in [-0.3, -0.25) is 4.31 Å². The molecule has 0 aliphatic heterocycles. The smallest absolute Gasteiger partial charge is 0.264 e. The highest BCUT2D eigenvalue weighted by molar-refractivity contribution is 7.92. The van der Waals surface area contributed by atoms with Crippen molar-refractivity contribution in [3.05, 3.63) is 96.1 Å². The monoisotopic (exact) mass is 520 g/mol. The van der Waals surface area contributed by atoms with Gasteiger partial charge in [0.15, 0.2) is 0 Å². The third-order valence-electron chi connectivity index (χ3n) is 6.62. The molecule has 0 aliphatic carbocycles. The van der Waals surface area contributed by atoms with Gasteiger partial charge in [0.25, 0.3) is 10.0 Å². The minimum absolute atomic E-state index is 0.249. The molecule has 3 aromatic rings. The number of benzene rings is 3. The predicted octanol–water partition coefficient (Wildman–Crippen LogP) is 8.03. The van der Waals surface area contributed by atoms with E-state index in [4.69, 9.17) is 0 Å². The van der Waals surface area contributed by atoms with Gasteiger partial charge in [0.1, 0.15) is 5.71 Å². The lowest BCUT2D eigenvalue weighted by atomic mass is 10.0. The van der Waals surface area contributed by atoms with Crippen LogP contribution in [0.4, 0.5) is 5.69 Å². The molecule has 37 heavy (non-hydrogen) atoms. The van der Waals surface area contributed by atoms with Gasteiger partial charge in [0.05, 0.1) is 10.6 Å². The van der Waals surface area contributed by atoms with Crippen LogP contribution in [-0.4, -0.2) is 25.9 Å². The van der Waals surface area contributed by atoms with Crippen LogP contribution in [0, 0.1) is 0 Å². The summed E-state index contributed by atoms with van der Waals surface area (Å²) in [6.45, 7) is 2.59. The fraction of sp³-hybridized carbons (Fsp3) is 0.387. The van der Waals surface area contributed by atoms with Crippen molar-refractivity contribution in [1.29, 1.82) is 0 Å². The Morgan fingerprint density at radius 1 is 0.703 bits per heavy atom. The van der Waals surface area contributed by atoms with Gasteiger partial charge in [-0.05, 0) is 24.6 Å². The number of anilines is 1. The summed E-state index contributed by atoms with van der Waals surface area (Å²) in [5, 5.41) is 13.5. The summed E-state index contributed by atoms with van der Waals surface area (Å²) >= 11 is 0. The van der Waals surface area contributed by atoms with Crippen molar-refractivity contribution < 1.29 is 13.6 Å². The Bertz CT molecular complexity index is 1200. The second kappa shape index (κ2) is 15.2. The molecule has 0 aliphatic rings. The van der Waals surface area contributed by atoms with E-state index in [1.807, 2.05) is 54.6 Å². The molecule has 3 rings (SSSR count). The first-order valence-electron chi connectivity index (χ1n) is 13.5. The van der Waals surface area contributed by atoms with Gasteiger partial charge < -0.3 is 5.21 Å². The Labute approximate surface area is 222 Å². The highest BCUT2D eigenvalue weighted by atomic mass is 32.2. The van der Waals surface area contributed by atoms with E-state index in [1.54, 1.807) is 30.3 Å². The van der Waals surface area contributed by atoms with Gasteiger partial charge in [0.2, 0.25) is 0 Å². The zero-order chi connectivity index (χ0) is 26.3. The van der Waals surface area contributed by atoms with E-state index in [2.05, 4.69) is 12.1 Å². The van der Waals surface area contributed by atoms with Crippen LogP contribution in [0.1, 0.15) is 82.3 Å². The third-order valence-corrected chi connectivity index (χ3v) is 8.45. The molecule has 6 heteroatoms. The summed E-state index contributed by atoms with van der Waals surface area (Å²) in [6.07, 6.45) is 11.8. The van der Waals surface area contributed by atoms with E-state index in [-0.39, 0.29) is 4.90 Å². The van der Waals surface area contributed by atoms with Gasteiger partial charge in [-0.15, -0.1) is 0 Å². The van der Waals surface area contributed by atoms with Crippen molar-refractivity contribution in [1.82, 2.24) is 0 Å². The van der Waals surface area contributed by atoms with Crippen LogP contribution in [0.2, 0.25) is 0 Å². The second-order valence-electron chi connectivity index (χ2n) is 9.40. The van der Waals surface area contributed by atoms with E-state index in [9.17, 15) is 13.6 Å². The van der Waals surface area contributed by atoms with Crippen molar-refractivity contribution in [3.8, 4) is 0 Å². The molecule has 0 saturated heterocycles. The molecular weight excluding hydrogens is 480 g/mol. The van der Waals surface area contributed by atoms with Crippen LogP contribution in [0.25, 0.3) is 0 Å². The van der Waals surface area contributed by atoms with Gasteiger partial charge in [-0.1, -0.05) is 137 Å². The third kappa shape index (κ3) is 8.19. The minimum Gasteiger partial charge on any atom is -0.410 e. The molecule has 0 heterocycles. The highest BCUT2D eigenvalue weighted by Crippen LogP contribution is 2.30. The topological polar surface area (TPSA) is 70.0 Å². The summed E-state index contributed by atoms with van der Waals surface area (Å²) < 4.78 is 29.2. The fourth-order valence-corrected chi connectivity index (χ4v) is 6.13. The summed E-state index contributed by atoms with van der Waals surface area (Å²) in [6, 6.07) is 25.1. The van der Waals surface area contributed by atoms with E-state index in [0.29, 0.717) is 29.1 Å². The molecule has 1 N–H and O–H groups in total.